The summed E-state index contributed by atoms with van der Waals surface area (Å²) < 4.78 is 5.26. The predicted octanol–water partition coefficient (Wildman–Crippen LogP) is 2.64. The molecule has 0 aliphatic heterocycles. The quantitative estimate of drug-likeness (QED) is 0.875. The first-order chi connectivity index (χ1) is 10.2. The zero-order chi connectivity index (χ0) is 15.1. The maximum atomic E-state index is 5.37. The SMILES string of the molecule is COc1cccc(N(C)Cc2ccc(C#CCN)cc2)c1. The van der Waals surface area contributed by atoms with Gasteiger partial charge in [-0.1, -0.05) is 30.0 Å². The molecule has 0 bridgehead atoms. The van der Waals surface area contributed by atoms with Gasteiger partial charge in [0.1, 0.15) is 5.75 Å². The van der Waals surface area contributed by atoms with E-state index in [9.17, 15) is 0 Å². The smallest absolute Gasteiger partial charge is 0.120 e. The Bertz CT molecular complexity index is 638. The molecule has 0 aliphatic carbocycles. The van der Waals surface area contributed by atoms with Gasteiger partial charge in [0.05, 0.1) is 13.7 Å². The number of anilines is 1. The normalized spacial score (nSPS) is 9.67. The van der Waals surface area contributed by atoms with Crippen LogP contribution in [0.3, 0.4) is 0 Å². The summed E-state index contributed by atoms with van der Waals surface area (Å²) >= 11 is 0. The average molecular weight is 280 g/mol. The summed E-state index contributed by atoms with van der Waals surface area (Å²) in [6.07, 6.45) is 0. The van der Waals surface area contributed by atoms with Crippen LogP contribution in [0.25, 0.3) is 0 Å². The van der Waals surface area contributed by atoms with E-state index in [2.05, 4.69) is 42.0 Å². The van der Waals surface area contributed by atoms with E-state index in [1.165, 1.54) is 5.56 Å². The highest BCUT2D eigenvalue weighted by Crippen LogP contribution is 2.21. The van der Waals surface area contributed by atoms with Crippen LogP contribution in [-0.2, 0) is 6.54 Å². The summed E-state index contributed by atoms with van der Waals surface area (Å²) in [6, 6.07) is 16.3. The molecule has 0 heterocycles. The second kappa shape index (κ2) is 7.37. The van der Waals surface area contributed by atoms with Gasteiger partial charge in [-0.2, -0.15) is 0 Å². The molecule has 2 aromatic carbocycles. The minimum atomic E-state index is 0.389. The van der Waals surface area contributed by atoms with E-state index in [1.54, 1.807) is 7.11 Å². The second-order valence-electron chi connectivity index (χ2n) is 4.76. The fourth-order valence-corrected chi connectivity index (χ4v) is 2.06. The van der Waals surface area contributed by atoms with Crippen molar-refractivity contribution in [3.63, 3.8) is 0 Å². The number of hydrogen-bond donors (Lipinski definition) is 1. The van der Waals surface area contributed by atoms with Gasteiger partial charge in [-0.05, 0) is 29.8 Å². The van der Waals surface area contributed by atoms with Gasteiger partial charge in [0, 0.05) is 30.9 Å². The van der Waals surface area contributed by atoms with E-state index in [0.717, 1.165) is 23.5 Å². The Morgan fingerprint density at radius 1 is 1.14 bits per heavy atom. The zero-order valence-electron chi connectivity index (χ0n) is 12.5. The van der Waals surface area contributed by atoms with E-state index in [-0.39, 0.29) is 0 Å². The molecule has 3 nitrogen and oxygen atoms in total. The lowest BCUT2D eigenvalue weighted by Gasteiger charge is -2.20. The molecule has 2 aromatic rings. The molecular formula is C18H20N2O. The van der Waals surface area contributed by atoms with Crippen LogP contribution < -0.4 is 15.4 Å². The van der Waals surface area contributed by atoms with Gasteiger partial charge in [-0.3, -0.25) is 0 Å². The maximum absolute atomic E-state index is 5.37. The molecule has 108 valence electrons. The number of benzene rings is 2. The fraction of sp³-hybridized carbons (Fsp3) is 0.222. The highest BCUT2D eigenvalue weighted by atomic mass is 16.5. The standard InChI is InChI=1S/C18H20N2O/c1-20(17-6-3-7-18(13-17)21-2)14-16-10-8-15(9-11-16)5-4-12-19/h3,6-11,13H,12,14,19H2,1-2H3. The van der Waals surface area contributed by atoms with Crippen molar-refractivity contribution in [3.8, 4) is 17.6 Å². The molecule has 0 aromatic heterocycles. The molecule has 0 aliphatic rings. The first-order valence-corrected chi connectivity index (χ1v) is 6.86. The van der Waals surface area contributed by atoms with E-state index in [1.807, 2.05) is 30.3 Å². The van der Waals surface area contributed by atoms with Crippen LogP contribution in [0.15, 0.2) is 48.5 Å². The first-order valence-electron chi connectivity index (χ1n) is 6.86. The Balaban J connectivity index is 2.06. The number of methoxy groups -OCH3 is 1. The fourth-order valence-electron chi connectivity index (χ4n) is 2.06. The Hall–Kier alpha value is -2.44. The summed E-state index contributed by atoms with van der Waals surface area (Å²) in [7, 11) is 3.75. The summed E-state index contributed by atoms with van der Waals surface area (Å²) in [5, 5.41) is 0. The molecule has 3 heteroatoms. The van der Waals surface area contributed by atoms with Crippen molar-refractivity contribution in [2.24, 2.45) is 5.73 Å². The number of nitrogens with two attached hydrogens (primary N) is 1. The Labute approximate surface area is 126 Å². The number of rotatable bonds is 4. The molecule has 21 heavy (non-hydrogen) atoms. The summed E-state index contributed by atoms with van der Waals surface area (Å²) in [5.41, 5.74) is 8.72. The van der Waals surface area contributed by atoms with Crippen LogP contribution in [0.2, 0.25) is 0 Å². The molecule has 0 spiro atoms. The zero-order valence-corrected chi connectivity index (χ0v) is 12.5. The van der Waals surface area contributed by atoms with Crippen molar-refractivity contribution in [3.05, 3.63) is 59.7 Å². The molecule has 2 rings (SSSR count). The molecule has 2 N–H and O–H groups in total. The van der Waals surface area contributed by atoms with Gasteiger partial charge in [-0.25, -0.2) is 0 Å². The molecule has 0 amide bonds. The third-order valence-electron chi connectivity index (χ3n) is 3.20. The van der Waals surface area contributed by atoms with E-state index in [0.29, 0.717) is 6.54 Å². The molecule has 0 saturated heterocycles. The second-order valence-corrected chi connectivity index (χ2v) is 4.76. The van der Waals surface area contributed by atoms with Gasteiger partial charge < -0.3 is 15.4 Å². The minimum absolute atomic E-state index is 0.389. The highest BCUT2D eigenvalue weighted by Gasteiger charge is 2.03. The third kappa shape index (κ3) is 4.27. The van der Waals surface area contributed by atoms with Gasteiger partial charge in [0.2, 0.25) is 0 Å². The number of ether oxygens (including phenoxy) is 1. The molecule has 0 radical (unpaired) electrons. The lowest BCUT2D eigenvalue weighted by molar-refractivity contribution is 0.415. The van der Waals surface area contributed by atoms with Crippen molar-refractivity contribution < 1.29 is 4.74 Å². The number of hydrogen-bond acceptors (Lipinski definition) is 3. The van der Waals surface area contributed by atoms with Gasteiger partial charge >= 0.3 is 0 Å². The first kappa shape index (κ1) is 15.0. The van der Waals surface area contributed by atoms with Crippen molar-refractivity contribution in [1.82, 2.24) is 0 Å². The number of nitrogens with zero attached hydrogens (tertiary/aromatic N) is 1. The van der Waals surface area contributed by atoms with Crippen LogP contribution in [0, 0.1) is 11.8 Å². The lowest BCUT2D eigenvalue weighted by Crippen LogP contribution is -2.16. The molecule has 0 atom stereocenters. The highest BCUT2D eigenvalue weighted by molar-refractivity contribution is 5.50. The van der Waals surface area contributed by atoms with Gasteiger partial charge in [0.25, 0.3) is 0 Å². The van der Waals surface area contributed by atoms with Crippen LogP contribution in [-0.4, -0.2) is 20.7 Å². The van der Waals surface area contributed by atoms with Crippen LogP contribution in [0.5, 0.6) is 5.75 Å². The Morgan fingerprint density at radius 2 is 1.90 bits per heavy atom. The largest absolute Gasteiger partial charge is 0.497 e. The summed E-state index contributed by atoms with van der Waals surface area (Å²) in [4.78, 5) is 2.18. The monoisotopic (exact) mass is 280 g/mol. The van der Waals surface area contributed by atoms with Gasteiger partial charge in [-0.15, -0.1) is 0 Å². The maximum Gasteiger partial charge on any atom is 0.120 e. The van der Waals surface area contributed by atoms with Crippen molar-refractivity contribution in [2.75, 3.05) is 25.6 Å². The topological polar surface area (TPSA) is 38.5 Å². The van der Waals surface area contributed by atoms with E-state index < -0.39 is 0 Å². The predicted molar refractivity (Wildman–Crippen MR) is 87.5 cm³/mol. The van der Waals surface area contributed by atoms with Crippen LogP contribution in [0.4, 0.5) is 5.69 Å². The van der Waals surface area contributed by atoms with E-state index in [4.69, 9.17) is 10.5 Å². The Kier molecular flexibility index (Phi) is 5.25. The van der Waals surface area contributed by atoms with Crippen molar-refractivity contribution in [2.45, 2.75) is 6.54 Å². The summed E-state index contributed by atoms with van der Waals surface area (Å²) in [5.74, 6) is 6.75. The third-order valence-corrected chi connectivity index (χ3v) is 3.20. The van der Waals surface area contributed by atoms with E-state index >= 15 is 0 Å². The molecule has 0 unspecified atom stereocenters. The lowest BCUT2D eigenvalue weighted by atomic mass is 10.1. The summed E-state index contributed by atoms with van der Waals surface area (Å²) in [6.45, 7) is 1.22. The van der Waals surface area contributed by atoms with Gasteiger partial charge in [0.15, 0.2) is 0 Å². The average Bonchev–Trinajstić information content (AvgIpc) is 2.54. The van der Waals surface area contributed by atoms with Crippen LogP contribution >= 0.6 is 0 Å². The Morgan fingerprint density at radius 3 is 2.57 bits per heavy atom. The molecule has 0 fully saturated rings. The van der Waals surface area contributed by atoms with Crippen LogP contribution in [0.1, 0.15) is 11.1 Å². The minimum Gasteiger partial charge on any atom is -0.497 e. The van der Waals surface area contributed by atoms with Crippen molar-refractivity contribution in [1.29, 1.82) is 0 Å². The molecular weight excluding hydrogens is 260 g/mol. The molecule has 0 saturated carbocycles. The van der Waals surface area contributed by atoms with Crippen molar-refractivity contribution >= 4 is 5.69 Å².